The van der Waals surface area contributed by atoms with Gasteiger partial charge in [-0.3, -0.25) is 9.59 Å². The van der Waals surface area contributed by atoms with Gasteiger partial charge >= 0.3 is 5.97 Å². The maximum Gasteiger partial charge on any atom is 0.316 e. The van der Waals surface area contributed by atoms with Crippen LogP contribution in [-0.2, 0) is 19.1 Å². The summed E-state index contributed by atoms with van der Waals surface area (Å²) in [4.78, 5) is 25.9. The molecule has 9 atom stereocenters. The van der Waals surface area contributed by atoms with Gasteiger partial charge in [0.15, 0.2) is 0 Å². The number of hydrogen-bond acceptors (Lipinski definition) is 7. The average molecular weight is 438 g/mol. The number of esters is 1. The van der Waals surface area contributed by atoms with E-state index >= 15 is 0 Å². The first-order valence-electron chi connectivity index (χ1n) is 11.0. The van der Waals surface area contributed by atoms with E-state index in [0.29, 0.717) is 0 Å². The molecule has 3 N–H and O–H groups in total. The van der Waals surface area contributed by atoms with E-state index in [1.54, 1.807) is 20.8 Å². The van der Waals surface area contributed by atoms with Crippen LogP contribution in [0.25, 0.3) is 0 Å². The number of methoxy groups -OCH3 is 1. The van der Waals surface area contributed by atoms with Crippen molar-refractivity contribution in [2.75, 3.05) is 7.11 Å². The maximum atomic E-state index is 13.1. The number of carbonyl (C=O) groups excluding carboxylic acids is 2. The van der Waals surface area contributed by atoms with E-state index in [4.69, 9.17) is 21.3 Å². The number of ketones is 1. The molecule has 31 heavy (non-hydrogen) atoms. The van der Waals surface area contributed by atoms with E-state index in [-0.39, 0.29) is 30.3 Å². The van der Waals surface area contributed by atoms with Crippen molar-refractivity contribution in [1.82, 2.24) is 0 Å². The third kappa shape index (κ3) is 5.19. The lowest BCUT2D eigenvalue weighted by molar-refractivity contribution is -0.186. The van der Waals surface area contributed by atoms with E-state index in [1.807, 2.05) is 13.8 Å². The van der Waals surface area contributed by atoms with Crippen molar-refractivity contribution in [2.45, 2.75) is 84.7 Å². The number of rotatable bonds is 2. The Hall–Kier alpha value is -1.75. The molecule has 0 amide bonds. The van der Waals surface area contributed by atoms with Crippen LogP contribution in [0.5, 0.6) is 0 Å². The Morgan fingerprint density at radius 3 is 2.23 bits per heavy atom. The van der Waals surface area contributed by atoms with Crippen molar-refractivity contribution in [3.8, 4) is 12.3 Å². The Morgan fingerprint density at radius 1 is 1.23 bits per heavy atom. The topological polar surface area (TPSA) is 117 Å². The van der Waals surface area contributed by atoms with Crippen molar-refractivity contribution in [3.05, 3.63) is 0 Å². The van der Waals surface area contributed by atoms with Crippen molar-refractivity contribution in [2.24, 2.45) is 29.6 Å². The van der Waals surface area contributed by atoms with Gasteiger partial charge in [0.05, 0.1) is 6.10 Å². The van der Waals surface area contributed by atoms with Crippen LogP contribution < -0.4 is 0 Å². The molecule has 0 spiro atoms. The molecule has 0 aromatic rings. The third-order valence-electron chi connectivity index (χ3n) is 7.31. The van der Waals surface area contributed by atoms with Crippen LogP contribution in [0, 0.1) is 47.3 Å². The Bertz CT molecular complexity index is 726. The zero-order valence-electron chi connectivity index (χ0n) is 20.1. The van der Waals surface area contributed by atoms with Crippen LogP contribution in [0.15, 0.2) is 0 Å². The van der Waals surface area contributed by atoms with Gasteiger partial charge in [0.25, 0.3) is 0 Å². The number of aliphatic hydroxyl groups excluding tert-OH is 1. The van der Waals surface area contributed by atoms with Crippen LogP contribution in [0.4, 0.5) is 0 Å². The molecule has 7 nitrogen and oxygen atoms in total. The fraction of sp³-hybridized carbons (Fsp3) is 0.792. The van der Waals surface area contributed by atoms with Gasteiger partial charge in [-0.2, -0.15) is 0 Å². The van der Waals surface area contributed by atoms with E-state index in [9.17, 15) is 19.8 Å². The van der Waals surface area contributed by atoms with Gasteiger partial charge in [-0.1, -0.05) is 40.5 Å². The van der Waals surface area contributed by atoms with Crippen LogP contribution in [-0.4, -0.2) is 58.2 Å². The predicted molar refractivity (Wildman–Crippen MR) is 119 cm³/mol. The van der Waals surface area contributed by atoms with Gasteiger partial charge < -0.3 is 25.1 Å². The summed E-state index contributed by atoms with van der Waals surface area (Å²) >= 11 is 0. The second-order valence-electron chi connectivity index (χ2n) is 9.29. The van der Waals surface area contributed by atoms with Gasteiger partial charge in [0.2, 0.25) is 0 Å². The molecule has 0 aliphatic carbocycles. The predicted octanol–water partition coefficient (Wildman–Crippen LogP) is 2.61. The van der Waals surface area contributed by atoms with E-state index in [2.05, 4.69) is 5.92 Å². The second-order valence-corrected chi connectivity index (χ2v) is 9.29. The lowest BCUT2D eigenvalue weighted by Gasteiger charge is -2.42. The molecular weight excluding hydrogens is 398 g/mol. The molecule has 0 aromatic heterocycles. The van der Waals surface area contributed by atoms with Gasteiger partial charge in [-0.15, -0.1) is 6.42 Å². The lowest BCUT2D eigenvalue weighted by atomic mass is 9.70. The second kappa shape index (κ2) is 10.2. The van der Waals surface area contributed by atoms with Gasteiger partial charge in [-0.25, -0.2) is 0 Å². The first-order valence-corrected chi connectivity index (χ1v) is 11.0. The number of cyclic esters (lactones) is 1. The summed E-state index contributed by atoms with van der Waals surface area (Å²) in [6.07, 6.45) is 3.95. The largest absolute Gasteiger partial charge is 0.459 e. The van der Waals surface area contributed by atoms with Gasteiger partial charge in [0, 0.05) is 30.6 Å². The lowest BCUT2D eigenvalue weighted by Crippen LogP contribution is -2.56. The van der Waals surface area contributed by atoms with Crippen LogP contribution >= 0.6 is 0 Å². The minimum Gasteiger partial charge on any atom is -0.459 e. The molecular formula is C24H39NO6. The molecule has 1 rings (SSSR count). The highest BCUT2D eigenvalue weighted by atomic mass is 16.6. The number of ether oxygens (including phenoxy) is 2. The molecule has 0 unspecified atom stereocenters. The Balaban J connectivity index is 3.58. The summed E-state index contributed by atoms with van der Waals surface area (Å²) in [6, 6.07) is 0. The molecule has 1 fully saturated rings. The van der Waals surface area contributed by atoms with E-state index in [0.717, 1.165) is 0 Å². The molecule has 0 aromatic carbocycles. The highest BCUT2D eigenvalue weighted by molar-refractivity contribution is 6.00. The normalized spacial score (nSPS) is 43.6. The van der Waals surface area contributed by atoms with Gasteiger partial charge in [-0.05, 0) is 32.6 Å². The summed E-state index contributed by atoms with van der Waals surface area (Å²) in [5.74, 6) is -1.63. The molecule has 176 valence electrons. The first-order chi connectivity index (χ1) is 14.2. The minimum absolute atomic E-state index is 0.197. The van der Waals surface area contributed by atoms with Crippen LogP contribution in [0.1, 0.15) is 61.3 Å². The van der Waals surface area contributed by atoms with Crippen LogP contribution in [0.2, 0.25) is 0 Å². The monoisotopic (exact) mass is 437 g/mol. The summed E-state index contributed by atoms with van der Waals surface area (Å²) in [6.45, 7) is 11.6. The standard InChI is InChI=1S/C24H39NO6/c1-10-18-23(8,29)21(27)15(5)19(25)13(3)12-24(11-2,30-9)17(7)14(4)20(26)16(6)22(28)31-18/h2,13-18,21,25,27,29H,10,12H2,1,3-9H3/t13-,14-,15+,16-,17-,18-,21-,23-,24-/m1/s1. The number of aliphatic hydroxyl groups is 2. The smallest absolute Gasteiger partial charge is 0.316 e. The number of nitrogens with one attached hydrogen (secondary N) is 1. The SMILES string of the molecule is C#C[C@@]1(OC)C[C@@H](C)C(=N)[C@H](C)[C@@H](O)[C@](C)(O)[C@@H](CC)OC(=O)[C@H](C)C(=O)[C@H](C)[C@H]1C. The Kier molecular flexibility index (Phi) is 9.02. The van der Waals surface area contributed by atoms with E-state index in [1.165, 1.54) is 21.0 Å². The highest BCUT2D eigenvalue weighted by Crippen LogP contribution is 2.37. The van der Waals surface area contributed by atoms with Crippen molar-refractivity contribution >= 4 is 17.5 Å². The number of terminal acetylenes is 1. The molecule has 1 saturated heterocycles. The Labute approximate surface area is 186 Å². The number of Topliss-reactive ketones (excluding diaryl/α,β-unsaturated/α-hetero) is 1. The Morgan fingerprint density at radius 2 is 1.77 bits per heavy atom. The van der Waals surface area contributed by atoms with Crippen molar-refractivity contribution in [1.29, 1.82) is 5.41 Å². The molecule has 1 heterocycles. The maximum absolute atomic E-state index is 13.1. The molecule has 1 aliphatic rings. The van der Waals surface area contributed by atoms with Crippen molar-refractivity contribution < 1.29 is 29.3 Å². The number of carbonyl (C=O) groups is 2. The fourth-order valence-corrected chi connectivity index (χ4v) is 4.60. The van der Waals surface area contributed by atoms with Crippen LogP contribution in [0.3, 0.4) is 0 Å². The zero-order chi connectivity index (χ0) is 24.3. The van der Waals surface area contributed by atoms with E-state index < -0.39 is 53.1 Å². The molecule has 0 bridgehead atoms. The molecule has 7 heteroatoms. The minimum atomic E-state index is -1.81. The first kappa shape index (κ1) is 27.3. The number of hydrogen-bond donors (Lipinski definition) is 3. The fourth-order valence-electron chi connectivity index (χ4n) is 4.60. The zero-order valence-corrected chi connectivity index (χ0v) is 20.1. The highest BCUT2D eigenvalue weighted by Gasteiger charge is 2.48. The summed E-state index contributed by atoms with van der Waals surface area (Å²) in [7, 11) is 1.47. The van der Waals surface area contributed by atoms with Crippen molar-refractivity contribution in [3.63, 3.8) is 0 Å². The summed E-state index contributed by atoms with van der Waals surface area (Å²) in [5, 5.41) is 30.7. The van der Waals surface area contributed by atoms with Gasteiger partial charge in [0.1, 0.15) is 29.0 Å². The molecule has 0 radical (unpaired) electrons. The quantitative estimate of drug-likeness (QED) is 0.347. The molecule has 0 saturated carbocycles. The summed E-state index contributed by atoms with van der Waals surface area (Å²) < 4.78 is 11.2. The summed E-state index contributed by atoms with van der Waals surface area (Å²) in [5.41, 5.74) is -2.76. The molecule has 1 aliphatic heterocycles. The third-order valence-corrected chi connectivity index (χ3v) is 7.31. The average Bonchev–Trinajstić information content (AvgIpc) is 2.76.